The number of nitrogens with zero attached hydrogens (tertiary/aromatic N) is 2. The van der Waals surface area contributed by atoms with Crippen molar-refractivity contribution in [3.8, 4) is 0 Å². The SMILES string of the molecule is CC[C@H](C)NC(=O)[C@@H]1CCCCN1C(=O)c1csc(Nc2cccc(Cl)c2Cl)n1. The Labute approximate surface area is 184 Å². The molecule has 0 unspecified atom stereocenters. The Kier molecular flexibility index (Phi) is 7.38. The van der Waals surface area contributed by atoms with Gasteiger partial charge in [0.15, 0.2) is 5.13 Å². The van der Waals surface area contributed by atoms with Gasteiger partial charge in [0.25, 0.3) is 5.91 Å². The van der Waals surface area contributed by atoms with Crippen molar-refractivity contribution in [3.63, 3.8) is 0 Å². The fourth-order valence-electron chi connectivity index (χ4n) is 3.18. The Morgan fingerprint density at radius 1 is 1.34 bits per heavy atom. The average molecular weight is 455 g/mol. The molecule has 2 heterocycles. The van der Waals surface area contributed by atoms with E-state index in [1.54, 1.807) is 28.5 Å². The van der Waals surface area contributed by atoms with Crippen LogP contribution in [-0.4, -0.2) is 40.3 Å². The summed E-state index contributed by atoms with van der Waals surface area (Å²) in [6.07, 6.45) is 3.33. The number of halogens is 2. The second-order valence-electron chi connectivity index (χ2n) is 7.09. The molecule has 1 aliphatic rings. The van der Waals surface area contributed by atoms with E-state index in [9.17, 15) is 9.59 Å². The highest BCUT2D eigenvalue weighted by Gasteiger charge is 2.34. The topological polar surface area (TPSA) is 74.3 Å². The zero-order valence-electron chi connectivity index (χ0n) is 16.4. The van der Waals surface area contributed by atoms with Crippen molar-refractivity contribution in [2.45, 2.75) is 51.6 Å². The summed E-state index contributed by atoms with van der Waals surface area (Å²) in [5.41, 5.74) is 0.940. The van der Waals surface area contributed by atoms with Crippen molar-refractivity contribution < 1.29 is 9.59 Å². The quantitative estimate of drug-likeness (QED) is 0.636. The molecule has 1 aromatic heterocycles. The molecule has 0 spiro atoms. The number of piperidine rings is 1. The highest BCUT2D eigenvalue weighted by atomic mass is 35.5. The van der Waals surface area contributed by atoms with Gasteiger partial charge in [-0.2, -0.15) is 0 Å². The summed E-state index contributed by atoms with van der Waals surface area (Å²) < 4.78 is 0. The number of hydrogen-bond donors (Lipinski definition) is 2. The lowest BCUT2D eigenvalue weighted by Gasteiger charge is -2.34. The van der Waals surface area contributed by atoms with Crippen LogP contribution >= 0.6 is 34.5 Å². The van der Waals surface area contributed by atoms with E-state index in [1.807, 2.05) is 13.8 Å². The number of carbonyl (C=O) groups is 2. The highest BCUT2D eigenvalue weighted by molar-refractivity contribution is 7.14. The summed E-state index contributed by atoms with van der Waals surface area (Å²) in [6, 6.07) is 4.90. The van der Waals surface area contributed by atoms with Crippen LogP contribution in [0.4, 0.5) is 10.8 Å². The van der Waals surface area contributed by atoms with Crippen LogP contribution in [0.15, 0.2) is 23.6 Å². The second kappa shape index (κ2) is 9.78. The third-order valence-electron chi connectivity index (χ3n) is 4.98. The highest BCUT2D eigenvalue weighted by Crippen LogP contribution is 2.33. The molecular formula is C20H24Cl2N4O2S. The lowest BCUT2D eigenvalue weighted by molar-refractivity contribution is -0.127. The molecule has 0 aliphatic carbocycles. The van der Waals surface area contributed by atoms with E-state index in [2.05, 4.69) is 15.6 Å². The monoisotopic (exact) mass is 454 g/mol. The van der Waals surface area contributed by atoms with E-state index in [1.165, 1.54) is 11.3 Å². The maximum absolute atomic E-state index is 13.1. The van der Waals surface area contributed by atoms with Crippen LogP contribution in [0.2, 0.25) is 10.0 Å². The lowest BCUT2D eigenvalue weighted by Crippen LogP contribution is -2.53. The summed E-state index contributed by atoms with van der Waals surface area (Å²) in [5.74, 6) is -0.317. The Balaban J connectivity index is 1.73. The number of carbonyl (C=O) groups excluding carboxylic acids is 2. The normalized spacial score (nSPS) is 17.7. The first-order chi connectivity index (χ1) is 13.9. The fourth-order valence-corrected chi connectivity index (χ4v) is 4.22. The van der Waals surface area contributed by atoms with E-state index in [0.717, 1.165) is 19.3 Å². The van der Waals surface area contributed by atoms with E-state index in [-0.39, 0.29) is 17.9 Å². The van der Waals surface area contributed by atoms with Crippen LogP contribution < -0.4 is 10.6 Å². The van der Waals surface area contributed by atoms with Crippen LogP contribution in [0.1, 0.15) is 50.0 Å². The molecule has 2 N–H and O–H groups in total. The van der Waals surface area contributed by atoms with E-state index < -0.39 is 6.04 Å². The van der Waals surface area contributed by atoms with E-state index in [4.69, 9.17) is 23.2 Å². The van der Waals surface area contributed by atoms with Crippen molar-refractivity contribution in [1.82, 2.24) is 15.2 Å². The van der Waals surface area contributed by atoms with Gasteiger partial charge >= 0.3 is 0 Å². The third kappa shape index (κ3) is 5.21. The predicted molar refractivity (Wildman–Crippen MR) is 118 cm³/mol. The van der Waals surface area contributed by atoms with Crippen molar-refractivity contribution >= 4 is 57.2 Å². The minimum absolute atomic E-state index is 0.0823. The molecule has 2 atom stereocenters. The number of hydrogen-bond acceptors (Lipinski definition) is 5. The fraction of sp³-hybridized carbons (Fsp3) is 0.450. The summed E-state index contributed by atoms with van der Waals surface area (Å²) in [6.45, 7) is 4.54. The lowest BCUT2D eigenvalue weighted by atomic mass is 10.0. The standard InChI is InChI=1S/C20H24Cl2N4O2S/c1-3-12(2)23-18(27)16-9-4-5-10-26(16)19(28)15-11-29-20(25-15)24-14-8-6-7-13(21)17(14)22/h6-8,11-12,16H,3-5,9-10H2,1-2H3,(H,23,27)(H,24,25)/t12-,16-/m0/s1. The van der Waals surface area contributed by atoms with Gasteiger partial charge in [0.2, 0.25) is 5.91 Å². The molecule has 1 saturated heterocycles. The summed E-state index contributed by atoms with van der Waals surface area (Å²) >= 11 is 13.5. The number of nitrogens with one attached hydrogen (secondary N) is 2. The molecule has 0 saturated carbocycles. The zero-order valence-corrected chi connectivity index (χ0v) is 18.7. The summed E-state index contributed by atoms with van der Waals surface area (Å²) in [5, 5.41) is 9.16. The summed E-state index contributed by atoms with van der Waals surface area (Å²) in [4.78, 5) is 31.8. The van der Waals surface area contributed by atoms with Crippen LogP contribution in [0.3, 0.4) is 0 Å². The molecule has 156 valence electrons. The Bertz CT molecular complexity index is 889. The van der Waals surface area contributed by atoms with Gasteiger partial charge in [-0.05, 0) is 44.7 Å². The van der Waals surface area contributed by atoms with Crippen LogP contribution in [0.5, 0.6) is 0 Å². The molecule has 0 bridgehead atoms. The first-order valence-electron chi connectivity index (χ1n) is 9.68. The van der Waals surface area contributed by atoms with Crippen LogP contribution in [0.25, 0.3) is 0 Å². The minimum atomic E-state index is -0.453. The van der Waals surface area contributed by atoms with Gasteiger partial charge in [-0.25, -0.2) is 4.98 Å². The number of benzene rings is 1. The Morgan fingerprint density at radius 2 is 2.14 bits per heavy atom. The van der Waals surface area contributed by atoms with Gasteiger partial charge < -0.3 is 15.5 Å². The molecule has 9 heteroatoms. The molecule has 1 aliphatic heterocycles. The van der Waals surface area contributed by atoms with Gasteiger partial charge in [0.1, 0.15) is 11.7 Å². The number of rotatable bonds is 6. The van der Waals surface area contributed by atoms with Crippen molar-refractivity contribution in [3.05, 3.63) is 39.3 Å². The van der Waals surface area contributed by atoms with Gasteiger partial charge in [-0.15, -0.1) is 11.3 Å². The number of anilines is 2. The largest absolute Gasteiger partial charge is 0.352 e. The number of likely N-dealkylation sites (tertiary alicyclic amines) is 1. The molecular weight excluding hydrogens is 431 g/mol. The summed E-state index contributed by atoms with van der Waals surface area (Å²) in [7, 11) is 0. The molecule has 3 rings (SSSR count). The predicted octanol–water partition coefficient (Wildman–Crippen LogP) is 5.10. The third-order valence-corrected chi connectivity index (χ3v) is 6.56. The van der Waals surface area contributed by atoms with Gasteiger partial charge in [0.05, 0.1) is 15.7 Å². The van der Waals surface area contributed by atoms with Gasteiger partial charge in [0, 0.05) is 18.0 Å². The number of aromatic nitrogens is 1. The molecule has 6 nitrogen and oxygen atoms in total. The molecule has 0 radical (unpaired) electrons. The Morgan fingerprint density at radius 3 is 2.90 bits per heavy atom. The second-order valence-corrected chi connectivity index (χ2v) is 8.74. The number of amides is 2. The van der Waals surface area contributed by atoms with Gasteiger partial charge in [-0.1, -0.05) is 36.2 Å². The molecule has 2 aromatic rings. The van der Waals surface area contributed by atoms with Crippen molar-refractivity contribution in [2.75, 3.05) is 11.9 Å². The van der Waals surface area contributed by atoms with Crippen molar-refractivity contribution in [2.24, 2.45) is 0 Å². The molecule has 1 aromatic carbocycles. The molecule has 29 heavy (non-hydrogen) atoms. The molecule has 1 fully saturated rings. The Hall–Kier alpha value is -1.83. The van der Waals surface area contributed by atoms with Crippen molar-refractivity contribution in [1.29, 1.82) is 0 Å². The zero-order chi connectivity index (χ0) is 21.0. The van der Waals surface area contributed by atoms with Crippen LogP contribution in [-0.2, 0) is 4.79 Å². The first kappa shape index (κ1) is 21.9. The maximum atomic E-state index is 13.1. The van der Waals surface area contributed by atoms with E-state index >= 15 is 0 Å². The first-order valence-corrected chi connectivity index (χ1v) is 11.3. The van der Waals surface area contributed by atoms with Crippen LogP contribution in [0, 0.1) is 0 Å². The average Bonchev–Trinajstić information content (AvgIpc) is 3.19. The minimum Gasteiger partial charge on any atom is -0.352 e. The smallest absolute Gasteiger partial charge is 0.274 e. The number of thiazole rings is 1. The van der Waals surface area contributed by atoms with E-state index in [0.29, 0.717) is 39.5 Å². The maximum Gasteiger partial charge on any atom is 0.274 e. The molecule has 2 amide bonds. The van der Waals surface area contributed by atoms with Gasteiger partial charge in [-0.3, -0.25) is 9.59 Å².